The number of anilines is 1. The Kier molecular flexibility index (Phi) is 3.86. The van der Waals surface area contributed by atoms with Gasteiger partial charge in [-0.05, 0) is 39.7 Å². The van der Waals surface area contributed by atoms with E-state index < -0.39 is 0 Å². The van der Waals surface area contributed by atoms with E-state index in [1.54, 1.807) is 23.4 Å². The van der Waals surface area contributed by atoms with E-state index >= 15 is 0 Å². The van der Waals surface area contributed by atoms with Gasteiger partial charge >= 0.3 is 0 Å². The Morgan fingerprint density at radius 3 is 2.89 bits per heavy atom. The molecule has 0 aromatic carbocycles. The molecule has 144 valence electrons. The molecule has 28 heavy (non-hydrogen) atoms. The van der Waals surface area contributed by atoms with Crippen molar-refractivity contribution in [1.82, 2.24) is 19.7 Å². The Morgan fingerprint density at radius 2 is 2.14 bits per heavy atom. The number of nitrogens with zero attached hydrogens (tertiary/aromatic N) is 5. The number of aryl methyl sites for hydroxylation is 1. The van der Waals surface area contributed by atoms with E-state index in [-0.39, 0.29) is 11.9 Å². The largest absolute Gasteiger partial charge is 0.489 e. The molecule has 0 atom stereocenters. The summed E-state index contributed by atoms with van der Waals surface area (Å²) in [6.07, 6.45) is 5.63. The smallest absolute Gasteiger partial charge is 0.259 e. The van der Waals surface area contributed by atoms with E-state index in [9.17, 15) is 4.79 Å². The van der Waals surface area contributed by atoms with Crippen LogP contribution in [0.4, 0.5) is 5.69 Å². The Bertz CT molecular complexity index is 1080. The van der Waals surface area contributed by atoms with Crippen molar-refractivity contribution < 1.29 is 9.53 Å². The molecule has 1 saturated carbocycles. The molecule has 0 bridgehead atoms. The van der Waals surface area contributed by atoms with Crippen molar-refractivity contribution in [2.75, 3.05) is 18.1 Å². The number of hydrogen-bond donors (Lipinski definition) is 0. The molecule has 4 heterocycles. The van der Waals surface area contributed by atoms with E-state index in [2.05, 4.69) is 23.9 Å². The van der Waals surface area contributed by atoms with Crippen LogP contribution in [0.1, 0.15) is 60.4 Å². The van der Waals surface area contributed by atoms with Crippen molar-refractivity contribution in [3.63, 3.8) is 0 Å². The lowest BCUT2D eigenvalue weighted by Gasteiger charge is -2.29. The van der Waals surface area contributed by atoms with Crippen LogP contribution >= 0.6 is 0 Å². The summed E-state index contributed by atoms with van der Waals surface area (Å²) in [5.41, 5.74) is 4.03. The summed E-state index contributed by atoms with van der Waals surface area (Å²) in [4.78, 5) is 24.5. The fraction of sp³-hybridized carbons (Fsp3) is 0.429. The van der Waals surface area contributed by atoms with Crippen molar-refractivity contribution in [2.24, 2.45) is 0 Å². The number of carbonyl (C=O) groups excluding carboxylic acids is 1. The van der Waals surface area contributed by atoms with Gasteiger partial charge in [-0.25, -0.2) is 9.67 Å². The molecule has 0 spiro atoms. The maximum absolute atomic E-state index is 13.7. The second kappa shape index (κ2) is 6.29. The zero-order valence-corrected chi connectivity index (χ0v) is 16.3. The molecule has 1 amide bonds. The van der Waals surface area contributed by atoms with Gasteiger partial charge in [-0.3, -0.25) is 9.78 Å². The fourth-order valence-corrected chi connectivity index (χ4v) is 3.87. The molecule has 0 saturated heterocycles. The first-order valence-electron chi connectivity index (χ1n) is 9.83. The summed E-state index contributed by atoms with van der Waals surface area (Å²) in [7, 11) is 0. The van der Waals surface area contributed by atoms with Crippen molar-refractivity contribution in [3.8, 4) is 5.75 Å². The minimum atomic E-state index is -0.0433. The molecule has 7 nitrogen and oxygen atoms in total. The van der Waals surface area contributed by atoms with E-state index in [0.717, 1.165) is 35.3 Å². The average Bonchev–Trinajstić information content (AvgIpc) is 3.50. The van der Waals surface area contributed by atoms with Crippen LogP contribution in [0.25, 0.3) is 11.0 Å². The molecule has 5 rings (SSSR count). The molecule has 3 aromatic rings. The Balaban J connectivity index is 1.69. The van der Waals surface area contributed by atoms with Gasteiger partial charge in [0.05, 0.1) is 29.4 Å². The molecule has 0 unspecified atom stereocenters. The van der Waals surface area contributed by atoms with Gasteiger partial charge in [0.25, 0.3) is 5.91 Å². The number of pyridine rings is 2. The van der Waals surface area contributed by atoms with Gasteiger partial charge in [0.1, 0.15) is 18.0 Å². The van der Waals surface area contributed by atoms with Gasteiger partial charge in [0.2, 0.25) is 0 Å². The number of hydrogen-bond acceptors (Lipinski definition) is 5. The van der Waals surface area contributed by atoms with Crippen molar-refractivity contribution in [1.29, 1.82) is 0 Å². The normalized spacial score (nSPS) is 16.4. The highest BCUT2D eigenvalue weighted by molar-refractivity contribution is 6.14. The van der Waals surface area contributed by atoms with Gasteiger partial charge in [0, 0.05) is 29.9 Å². The Morgan fingerprint density at radius 1 is 1.32 bits per heavy atom. The standard InChI is InChI=1S/C21H23N5O2/c1-12(2)26-20-19(13(3)24-26)15(10-16(23-20)14-4-5-14)21(27)25-8-9-28-18-6-7-22-11-17(18)25/h6-7,10-12,14H,4-5,8-9H2,1-3H3. The first-order chi connectivity index (χ1) is 13.5. The third-order valence-electron chi connectivity index (χ3n) is 5.44. The van der Waals surface area contributed by atoms with Crippen molar-refractivity contribution >= 4 is 22.6 Å². The number of carbonyl (C=O) groups is 1. The molecule has 1 aliphatic carbocycles. The molecule has 0 radical (unpaired) electrons. The van der Waals surface area contributed by atoms with Gasteiger partial charge in [-0.2, -0.15) is 5.10 Å². The second-order valence-corrected chi connectivity index (χ2v) is 7.84. The minimum Gasteiger partial charge on any atom is -0.489 e. The predicted octanol–water partition coefficient (Wildman–Crippen LogP) is 3.63. The fourth-order valence-electron chi connectivity index (χ4n) is 3.87. The Hall–Kier alpha value is -2.96. The maximum atomic E-state index is 13.7. The van der Waals surface area contributed by atoms with E-state index in [4.69, 9.17) is 9.72 Å². The van der Waals surface area contributed by atoms with Crippen LogP contribution in [0.15, 0.2) is 24.5 Å². The molecule has 7 heteroatoms. The zero-order valence-electron chi connectivity index (χ0n) is 16.3. The van der Waals surface area contributed by atoms with Crippen LogP contribution in [0.2, 0.25) is 0 Å². The van der Waals surface area contributed by atoms with Crippen LogP contribution in [0.5, 0.6) is 5.75 Å². The second-order valence-electron chi connectivity index (χ2n) is 7.84. The lowest BCUT2D eigenvalue weighted by Crippen LogP contribution is -2.38. The number of fused-ring (bicyclic) bond motifs is 2. The summed E-state index contributed by atoms with van der Waals surface area (Å²) >= 11 is 0. The van der Waals surface area contributed by atoms with Gasteiger partial charge < -0.3 is 9.64 Å². The molecule has 1 fully saturated rings. The SMILES string of the molecule is Cc1nn(C(C)C)c2nc(C3CC3)cc(C(=O)N3CCOc4ccncc43)c12. The Labute approximate surface area is 163 Å². The molecular weight excluding hydrogens is 354 g/mol. The monoisotopic (exact) mass is 377 g/mol. The molecule has 0 N–H and O–H groups in total. The molecule has 2 aliphatic rings. The summed E-state index contributed by atoms with van der Waals surface area (Å²) in [6.45, 7) is 7.09. The maximum Gasteiger partial charge on any atom is 0.259 e. The summed E-state index contributed by atoms with van der Waals surface area (Å²) in [6, 6.07) is 3.95. The molecule has 3 aromatic heterocycles. The molecule has 1 aliphatic heterocycles. The van der Waals surface area contributed by atoms with Gasteiger partial charge in [-0.1, -0.05) is 0 Å². The highest BCUT2D eigenvalue weighted by Crippen LogP contribution is 2.41. The van der Waals surface area contributed by atoms with E-state index in [1.165, 1.54) is 0 Å². The highest BCUT2D eigenvalue weighted by atomic mass is 16.5. The van der Waals surface area contributed by atoms with Crippen molar-refractivity contribution in [2.45, 2.75) is 45.6 Å². The van der Waals surface area contributed by atoms with Gasteiger partial charge in [0.15, 0.2) is 5.65 Å². The van der Waals surface area contributed by atoms with Crippen LogP contribution in [0, 0.1) is 6.92 Å². The quantitative estimate of drug-likeness (QED) is 0.697. The number of ether oxygens (including phenoxy) is 1. The van der Waals surface area contributed by atoms with Crippen LogP contribution in [0.3, 0.4) is 0 Å². The van der Waals surface area contributed by atoms with Crippen LogP contribution in [-0.4, -0.2) is 38.8 Å². The van der Waals surface area contributed by atoms with E-state index in [1.807, 2.05) is 17.7 Å². The number of amides is 1. The third kappa shape index (κ3) is 2.65. The lowest BCUT2D eigenvalue weighted by molar-refractivity contribution is 0.0978. The highest BCUT2D eigenvalue weighted by Gasteiger charge is 2.32. The topological polar surface area (TPSA) is 73.1 Å². The first kappa shape index (κ1) is 17.2. The zero-order chi connectivity index (χ0) is 19.4. The van der Waals surface area contributed by atoms with Crippen molar-refractivity contribution in [3.05, 3.63) is 41.5 Å². The third-order valence-corrected chi connectivity index (χ3v) is 5.44. The minimum absolute atomic E-state index is 0.0433. The summed E-state index contributed by atoms with van der Waals surface area (Å²) in [5.74, 6) is 1.10. The lowest BCUT2D eigenvalue weighted by atomic mass is 10.1. The van der Waals surface area contributed by atoms with E-state index in [0.29, 0.717) is 36.1 Å². The number of aromatic nitrogens is 4. The summed E-state index contributed by atoms with van der Waals surface area (Å²) < 4.78 is 7.63. The molecular formula is C21H23N5O2. The van der Waals surface area contributed by atoms with Crippen LogP contribution in [-0.2, 0) is 0 Å². The summed E-state index contributed by atoms with van der Waals surface area (Å²) in [5, 5.41) is 5.54. The average molecular weight is 377 g/mol. The van der Waals surface area contributed by atoms with Gasteiger partial charge in [-0.15, -0.1) is 0 Å². The number of rotatable bonds is 3. The first-order valence-corrected chi connectivity index (χ1v) is 9.83. The predicted molar refractivity (Wildman–Crippen MR) is 106 cm³/mol. The van der Waals surface area contributed by atoms with Crippen LogP contribution < -0.4 is 9.64 Å².